The molecule has 0 aromatic heterocycles. The van der Waals surface area contributed by atoms with Crippen molar-refractivity contribution in [3.05, 3.63) is 59.7 Å². The van der Waals surface area contributed by atoms with E-state index in [-0.39, 0.29) is 24.5 Å². The normalized spacial score (nSPS) is 15.9. The second-order valence-electron chi connectivity index (χ2n) is 6.80. The van der Waals surface area contributed by atoms with Gasteiger partial charge in [0.15, 0.2) is 0 Å². The van der Waals surface area contributed by atoms with Gasteiger partial charge in [0.25, 0.3) is 0 Å². The molecule has 148 valence electrons. The van der Waals surface area contributed by atoms with Gasteiger partial charge in [-0.05, 0) is 48.2 Å². The van der Waals surface area contributed by atoms with Crippen LogP contribution in [0.15, 0.2) is 48.5 Å². The van der Waals surface area contributed by atoms with Crippen LogP contribution in [0.3, 0.4) is 0 Å². The molecule has 2 aromatic carbocycles. The van der Waals surface area contributed by atoms with Crippen LogP contribution in [0.4, 0.5) is 10.5 Å². The van der Waals surface area contributed by atoms with Gasteiger partial charge in [0.2, 0.25) is 5.91 Å². The van der Waals surface area contributed by atoms with Crippen molar-refractivity contribution in [2.75, 3.05) is 25.9 Å². The van der Waals surface area contributed by atoms with Crippen LogP contribution in [0.25, 0.3) is 0 Å². The Kier molecular flexibility index (Phi) is 6.37. The van der Waals surface area contributed by atoms with Gasteiger partial charge in [0, 0.05) is 18.8 Å². The molecule has 1 heterocycles. The number of nitrogens with two attached hydrogens (primary N) is 1. The molecular formula is C21H26N4O3. The lowest BCUT2D eigenvalue weighted by molar-refractivity contribution is -0.131. The lowest BCUT2D eigenvalue weighted by Crippen LogP contribution is -2.43. The molecule has 2 aromatic rings. The molecule has 0 radical (unpaired) electrons. The van der Waals surface area contributed by atoms with Crippen molar-refractivity contribution in [3.8, 4) is 5.75 Å². The molecule has 7 heteroatoms. The van der Waals surface area contributed by atoms with Crippen molar-refractivity contribution in [2.24, 2.45) is 0 Å². The topological polar surface area (TPSA) is 96.7 Å². The second-order valence-corrected chi connectivity index (χ2v) is 6.80. The van der Waals surface area contributed by atoms with E-state index in [2.05, 4.69) is 10.6 Å². The van der Waals surface area contributed by atoms with Crippen LogP contribution >= 0.6 is 0 Å². The van der Waals surface area contributed by atoms with E-state index < -0.39 is 0 Å². The number of rotatable bonds is 6. The van der Waals surface area contributed by atoms with Crippen molar-refractivity contribution in [1.29, 1.82) is 0 Å². The number of likely N-dealkylation sites (tertiary alicyclic amines) is 1. The molecule has 3 rings (SSSR count). The Labute approximate surface area is 164 Å². The average Bonchev–Trinajstić information content (AvgIpc) is 3.21. The molecule has 1 atom stereocenters. The molecule has 1 saturated heterocycles. The van der Waals surface area contributed by atoms with Crippen molar-refractivity contribution in [2.45, 2.75) is 25.4 Å². The summed E-state index contributed by atoms with van der Waals surface area (Å²) in [5, 5.41) is 5.39. The highest BCUT2D eigenvalue weighted by atomic mass is 16.5. The summed E-state index contributed by atoms with van der Waals surface area (Å²) >= 11 is 0. The monoisotopic (exact) mass is 382 g/mol. The molecule has 7 nitrogen and oxygen atoms in total. The van der Waals surface area contributed by atoms with Gasteiger partial charge in [-0.15, -0.1) is 0 Å². The van der Waals surface area contributed by atoms with Gasteiger partial charge in [0.05, 0.1) is 19.7 Å². The number of amides is 3. The average molecular weight is 382 g/mol. The Balaban J connectivity index is 1.50. The zero-order valence-electron chi connectivity index (χ0n) is 16.0. The van der Waals surface area contributed by atoms with Crippen LogP contribution in [0.5, 0.6) is 5.75 Å². The lowest BCUT2D eigenvalue weighted by Gasteiger charge is -2.25. The molecular weight excluding hydrogens is 356 g/mol. The lowest BCUT2D eigenvalue weighted by atomic mass is 10.0. The minimum absolute atomic E-state index is 0.0160. The number of benzene rings is 2. The number of methoxy groups -OCH3 is 1. The first-order valence-electron chi connectivity index (χ1n) is 9.36. The third-order valence-corrected chi connectivity index (χ3v) is 4.88. The predicted molar refractivity (Wildman–Crippen MR) is 108 cm³/mol. The number of ether oxygens (including phenoxy) is 1. The van der Waals surface area contributed by atoms with Crippen LogP contribution < -0.4 is 21.1 Å². The van der Waals surface area contributed by atoms with Crippen LogP contribution in [-0.4, -0.2) is 37.0 Å². The van der Waals surface area contributed by atoms with Gasteiger partial charge < -0.3 is 26.0 Å². The fourth-order valence-electron chi connectivity index (χ4n) is 3.40. The number of nitrogens with zero attached hydrogens (tertiary/aromatic N) is 1. The van der Waals surface area contributed by atoms with Crippen LogP contribution in [0.2, 0.25) is 0 Å². The van der Waals surface area contributed by atoms with E-state index >= 15 is 0 Å². The van der Waals surface area contributed by atoms with E-state index in [0.29, 0.717) is 18.8 Å². The summed E-state index contributed by atoms with van der Waals surface area (Å²) in [5.41, 5.74) is 8.31. The summed E-state index contributed by atoms with van der Waals surface area (Å²) in [7, 11) is 1.63. The molecule has 3 amide bonds. The Morgan fingerprint density at radius 3 is 2.71 bits per heavy atom. The van der Waals surface area contributed by atoms with Gasteiger partial charge in [-0.1, -0.05) is 24.3 Å². The molecule has 28 heavy (non-hydrogen) atoms. The summed E-state index contributed by atoms with van der Waals surface area (Å²) in [6, 6.07) is 14.7. The summed E-state index contributed by atoms with van der Waals surface area (Å²) in [6.07, 6.45) is 1.85. The maximum atomic E-state index is 12.6. The Morgan fingerprint density at radius 2 is 1.96 bits per heavy atom. The Hall–Kier alpha value is -3.22. The fraction of sp³-hybridized carbons (Fsp3) is 0.333. The first-order chi connectivity index (χ1) is 13.6. The smallest absolute Gasteiger partial charge is 0.315 e. The number of anilines is 1. The number of nitrogen functional groups attached to an aromatic ring is 1. The largest absolute Gasteiger partial charge is 0.497 e. The highest BCUT2D eigenvalue weighted by Gasteiger charge is 2.30. The number of carbonyl (C=O) groups is 2. The van der Waals surface area contributed by atoms with E-state index in [9.17, 15) is 9.59 Å². The van der Waals surface area contributed by atoms with Crippen molar-refractivity contribution >= 4 is 17.6 Å². The van der Waals surface area contributed by atoms with E-state index in [1.807, 2.05) is 41.3 Å². The predicted octanol–water partition coefficient (Wildman–Crippen LogP) is 2.44. The maximum absolute atomic E-state index is 12.6. The number of hydrogen-bond donors (Lipinski definition) is 3. The molecule has 0 spiro atoms. The van der Waals surface area contributed by atoms with Crippen LogP contribution in [-0.2, 0) is 11.3 Å². The van der Waals surface area contributed by atoms with Gasteiger partial charge in [-0.2, -0.15) is 0 Å². The molecule has 1 fully saturated rings. The summed E-state index contributed by atoms with van der Waals surface area (Å²) in [6.45, 7) is 1.03. The number of urea groups is 1. The Bertz CT molecular complexity index is 823. The number of hydrogen-bond acceptors (Lipinski definition) is 4. The van der Waals surface area contributed by atoms with Gasteiger partial charge >= 0.3 is 6.03 Å². The zero-order chi connectivity index (χ0) is 19.9. The van der Waals surface area contributed by atoms with Gasteiger partial charge in [-0.3, -0.25) is 4.79 Å². The maximum Gasteiger partial charge on any atom is 0.315 e. The number of carbonyl (C=O) groups excluding carboxylic acids is 2. The standard InChI is InChI=1S/C21H26N4O3/c1-28-18-5-2-4-16(12-18)19-6-3-11-25(19)20(26)14-24-21(27)23-13-15-7-9-17(22)10-8-15/h2,4-5,7-10,12,19H,3,6,11,13-14,22H2,1H3,(H2,23,24,27). The zero-order valence-corrected chi connectivity index (χ0v) is 16.0. The highest BCUT2D eigenvalue weighted by Crippen LogP contribution is 2.33. The van der Waals surface area contributed by atoms with E-state index in [1.165, 1.54) is 0 Å². The summed E-state index contributed by atoms with van der Waals surface area (Å²) in [4.78, 5) is 26.5. The van der Waals surface area contributed by atoms with E-state index in [1.54, 1.807) is 19.2 Å². The quantitative estimate of drug-likeness (QED) is 0.669. The van der Waals surface area contributed by atoms with E-state index in [0.717, 1.165) is 29.7 Å². The highest BCUT2D eigenvalue weighted by molar-refractivity contribution is 5.84. The molecule has 0 bridgehead atoms. The fourth-order valence-corrected chi connectivity index (χ4v) is 3.40. The van der Waals surface area contributed by atoms with Crippen molar-refractivity contribution in [1.82, 2.24) is 15.5 Å². The SMILES string of the molecule is COc1cccc(C2CCCN2C(=O)CNC(=O)NCc2ccc(N)cc2)c1. The van der Waals surface area contributed by atoms with E-state index in [4.69, 9.17) is 10.5 Å². The summed E-state index contributed by atoms with van der Waals surface area (Å²) in [5.74, 6) is 0.685. The minimum Gasteiger partial charge on any atom is -0.497 e. The third kappa shape index (κ3) is 4.94. The number of nitrogens with one attached hydrogen (secondary N) is 2. The third-order valence-electron chi connectivity index (χ3n) is 4.88. The summed E-state index contributed by atoms with van der Waals surface area (Å²) < 4.78 is 5.28. The molecule has 1 aliphatic heterocycles. The molecule has 0 aliphatic carbocycles. The Morgan fingerprint density at radius 1 is 1.18 bits per heavy atom. The minimum atomic E-state index is -0.373. The second kappa shape index (κ2) is 9.12. The van der Waals surface area contributed by atoms with Gasteiger partial charge in [0.1, 0.15) is 5.75 Å². The molecule has 1 aliphatic rings. The van der Waals surface area contributed by atoms with Crippen LogP contribution in [0.1, 0.15) is 30.0 Å². The molecule has 4 N–H and O–H groups in total. The van der Waals surface area contributed by atoms with Gasteiger partial charge in [-0.25, -0.2) is 4.79 Å². The molecule has 1 unspecified atom stereocenters. The van der Waals surface area contributed by atoms with Crippen LogP contribution in [0, 0.1) is 0 Å². The van der Waals surface area contributed by atoms with Crippen molar-refractivity contribution < 1.29 is 14.3 Å². The first kappa shape index (κ1) is 19.5. The molecule has 0 saturated carbocycles. The first-order valence-corrected chi connectivity index (χ1v) is 9.36. The van der Waals surface area contributed by atoms with Crippen molar-refractivity contribution in [3.63, 3.8) is 0 Å².